The lowest BCUT2D eigenvalue weighted by atomic mass is 10.1. The summed E-state index contributed by atoms with van der Waals surface area (Å²) >= 11 is 3.49. The van der Waals surface area contributed by atoms with Crippen molar-refractivity contribution in [3.63, 3.8) is 0 Å². The minimum absolute atomic E-state index is 0.117. The first-order valence-electron chi connectivity index (χ1n) is 7.74. The second-order valence-corrected chi connectivity index (χ2v) is 6.50. The van der Waals surface area contributed by atoms with Gasteiger partial charge in [-0.3, -0.25) is 4.79 Å². The van der Waals surface area contributed by atoms with Gasteiger partial charge in [-0.1, -0.05) is 0 Å². The number of nitrogens with zero attached hydrogens (tertiary/aromatic N) is 3. The SMILES string of the molecule is Cc1nn(-c2ccc(C(=O)Nc3ccc(F)c(C#N)c3)cc2)c(C)c1Br. The quantitative estimate of drug-likeness (QED) is 0.687. The first-order valence-corrected chi connectivity index (χ1v) is 8.53. The molecular weight excluding hydrogens is 399 g/mol. The number of amides is 1. The number of nitriles is 1. The van der Waals surface area contributed by atoms with E-state index in [1.807, 2.05) is 13.8 Å². The highest BCUT2D eigenvalue weighted by Crippen LogP contribution is 2.23. The van der Waals surface area contributed by atoms with Crippen molar-refractivity contribution < 1.29 is 9.18 Å². The second-order valence-electron chi connectivity index (χ2n) is 5.70. The van der Waals surface area contributed by atoms with Gasteiger partial charge in [-0.25, -0.2) is 9.07 Å². The van der Waals surface area contributed by atoms with Crippen molar-refractivity contribution in [3.05, 3.63) is 75.3 Å². The van der Waals surface area contributed by atoms with Crippen LogP contribution in [-0.4, -0.2) is 15.7 Å². The van der Waals surface area contributed by atoms with Crippen LogP contribution >= 0.6 is 15.9 Å². The number of nitrogens with one attached hydrogen (secondary N) is 1. The lowest BCUT2D eigenvalue weighted by Gasteiger charge is -2.08. The van der Waals surface area contributed by atoms with E-state index in [9.17, 15) is 9.18 Å². The summed E-state index contributed by atoms with van der Waals surface area (Å²) in [6.07, 6.45) is 0. The number of rotatable bonds is 3. The van der Waals surface area contributed by atoms with Gasteiger partial charge < -0.3 is 5.32 Å². The molecule has 0 radical (unpaired) electrons. The number of benzene rings is 2. The zero-order chi connectivity index (χ0) is 18.8. The predicted octanol–water partition coefficient (Wildman–Crippen LogP) is 4.51. The van der Waals surface area contributed by atoms with Crippen molar-refractivity contribution in [1.82, 2.24) is 9.78 Å². The maximum atomic E-state index is 13.4. The lowest BCUT2D eigenvalue weighted by Crippen LogP contribution is -2.12. The average Bonchev–Trinajstić information content (AvgIpc) is 2.90. The Bertz CT molecular complexity index is 1030. The van der Waals surface area contributed by atoms with Crippen LogP contribution in [0.5, 0.6) is 0 Å². The summed E-state index contributed by atoms with van der Waals surface area (Å²) in [6, 6.07) is 12.6. The summed E-state index contributed by atoms with van der Waals surface area (Å²) in [7, 11) is 0. The lowest BCUT2D eigenvalue weighted by molar-refractivity contribution is 0.102. The van der Waals surface area contributed by atoms with Gasteiger partial charge in [0.1, 0.15) is 11.9 Å². The number of carbonyl (C=O) groups excluding carboxylic acids is 1. The van der Waals surface area contributed by atoms with Crippen LogP contribution in [0.4, 0.5) is 10.1 Å². The molecule has 0 atom stereocenters. The fraction of sp³-hybridized carbons (Fsp3) is 0.105. The van der Waals surface area contributed by atoms with Crippen LogP contribution in [0.2, 0.25) is 0 Å². The summed E-state index contributed by atoms with van der Waals surface area (Å²) in [5.41, 5.74) is 3.37. The third kappa shape index (κ3) is 3.37. The number of aryl methyl sites for hydroxylation is 1. The van der Waals surface area contributed by atoms with Crippen molar-refractivity contribution >= 4 is 27.5 Å². The van der Waals surface area contributed by atoms with Gasteiger partial charge in [-0.2, -0.15) is 10.4 Å². The molecule has 130 valence electrons. The number of carbonyl (C=O) groups is 1. The van der Waals surface area contributed by atoms with Crippen molar-refractivity contribution in [2.45, 2.75) is 13.8 Å². The van der Waals surface area contributed by atoms with Gasteiger partial charge in [-0.05, 0) is 72.2 Å². The Morgan fingerprint density at radius 1 is 1.23 bits per heavy atom. The van der Waals surface area contributed by atoms with E-state index in [0.717, 1.165) is 27.6 Å². The number of hydrogen-bond donors (Lipinski definition) is 1. The Labute approximate surface area is 158 Å². The highest BCUT2D eigenvalue weighted by Gasteiger charge is 2.12. The molecule has 1 N–H and O–H groups in total. The van der Waals surface area contributed by atoms with Crippen molar-refractivity contribution in [1.29, 1.82) is 5.26 Å². The van der Waals surface area contributed by atoms with Gasteiger partial charge in [0.2, 0.25) is 0 Å². The summed E-state index contributed by atoms with van der Waals surface area (Å²) in [5.74, 6) is -0.965. The normalized spacial score (nSPS) is 10.4. The Hall–Kier alpha value is -2.98. The smallest absolute Gasteiger partial charge is 0.255 e. The summed E-state index contributed by atoms with van der Waals surface area (Å²) in [6.45, 7) is 3.86. The van der Waals surface area contributed by atoms with Gasteiger partial charge in [0.05, 0.1) is 27.1 Å². The third-order valence-electron chi connectivity index (χ3n) is 3.92. The zero-order valence-corrected chi connectivity index (χ0v) is 15.6. The first-order chi connectivity index (χ1) is 12.4. The summed E-state index contributed by atoms with van der Waals surface area (Å²) < 4.78 is 16.1. The molecule has 1 amide bonds. The molecule has 1 heterocycles. The first kappa shape index (κ1) is 17.8. The van der Waals surface area contributed by atoms with E-state index < -0.39 is 5.82 Å². The fourth-order valence-electron chi connectivity index (χ4n) is 2.52. The third-order valence-corrected chi connectivity index (χ3v) is 5.07. The standard InChI is InChI=1S/C19H14BrFN4O/c1-11-18(20)12(2)25(24-11)16-6-3-13(4-7-16)19(26)23-15-5-8-17(21)14(9-15)10-22/h3-9H,1-2H3,(H,23,26). The van der Waals surface area contributed by atoms with Crippen LogP contribution in [0.25, 0.3) is 5.69 Å². The topological polar surface area (TPSA) is 70.7 Å². The second kappa shape index (κ2) is 7.10. The van der Waals surface area contributed by atoms with Crippen LogP contribution in [0.15, 0.2) is 46.9 Å². The van der Waals surface area contributed by atoms with Crippen molar-refractivity contribution in [2.24, 2.45) is 0 Å². The molecule has 0 spiro atoms. The van der Waals surface area contributed by atoms with Crippen molar-refractivity contribution in [3.8, 4) is 11.8 Å². The van der Waals surface area contributed by atoms with Crippen LogP contribution < -0.4 is 5.32 Å². The minimum Gasteiger partial charge on any atom is -0.322 e. The molecule has 0 bridgehead atoms. The van der Waals surface area contributed by atoms with Gasteiger partial charge in [0.25, 0.3) is 5.91 Å². The average molecular weight is 413 g/mol. The monoisotopic (exact) mass is 412 g/mol. The molecule has 3 rings (SSSR count). The number of anilines is 1. The molecule has 0 fully saturated rings. The number of hydrogen-bond acceptors (Lipinski definition) is 3. The van der Waals surface area contributed by atoms with Crippen molar-refractivity contribution in [2.75, 3.05) is 5.32 Å². The fourth-order valence-corrected chi connectivity index (χ4v) is 2.77. The van der Waals surface area contributed by atoms with Crippen LogP contribution in [0.3, 0.4) is 0 Å². The Morgan fingerprint density at radius 2 is 1.92 bits per heavy atom. The number of halogens is 2. The molecule has 5 nitrogen and oxygen atoms in total. The molecule has 0 saturated carbocycles. The molecule has 1 aromatic heterocycles. The minimum atomic E-state index is -0.620. The summed E-state index contributed by atoms with van der Waals surface area (Å²) in [5, 5.41) is 16.0. The largest absolute Gasteiger partial charge is 0.322 e. The Balaban J connectivity index is 1.81. The van der Waals surface area contributed by atoms with E-state index >= 15 is 0 Å². The molecule has 7 heteroatoms. The van der Waals surface area contributed by atoms with E-state index in [2.05, 4.69) is 26.3 Å². The molecule has 3 aromatic rings. The highest BCUT2D eigenvalue weighted by atomic mass is 79.9. The van der Waals surface area contributed by atoms with E-state index in [1.54, 1.807) is 35.0 Å². The van der Waals surface area contributed by atoms with E-state index in [-0.39, 0.29) is 11.5 Å². The molecule has 2 aromatic carbocycles. The van der Waals surface area contributed by atoms with Gasteiger partial charge in [0, 0.05) is 11.3 Å². The van der Waals surface area contributed by atoms with E-state index in [1.165, 1.54) is 12.1 Å². The molecule has 0 aliphatic heterocycles. The van der Waals surface area contributed by atoms with Crippen LogP contribution in [-0.2, 0) is 0 Å². The maximum absolute atomic E-state index is 13.4. The molecule has 0 aliphatic rings. The van der Waals surface area contributed by atoms with E-state index in [4.69, 9.17) is 5.26 Å². The molecular formula is C19H14BrFN4O. The van der Waals surface area contributed by atoms with E-state index in [0.29, 0.717) is 11.3 Å². The molecule has 26 heavy (non-hydrogen) atoms. The maximum Gasteiger partial charge on any atom is 0.255 e. The molecule has 0 unspecified atom stereocenters. The zero-order valence-electron chi connectivity index (χ0n) is 14.0. The van der Waals surface area contributed by atoms with Gasteiger partial charge >= 0.3 is 0 Å². The molecule has 0 aliphatic carbocycles. The molecule has 0 saturated heterocycles. The van der Waals surface area contributed by atoms with Crippen LogP contribution in [0, 0.1) is 31.0 Å². The van der Waals surface area contributed by atoms with Gasteiger partial charge in [-0.15, -0.1) is 0 Å². The Kier molecular flexibility index (Phi) is 4.87. The predicted molar refractivity (Wildman–Crippen MR) is 99.8 cm³/mol. The summed E-state index contributed by atoms with van der Waals surface area (Å²) in [4.78, 5) is 12.4. The highest BCUT2D eigenvalue weighted by molar-refractivity contribution is 9.10. The number of aromatic nitrogens is 2. The van der Waals surface area contributed by atoms with Crippen LogP contribution in [0.1, 0.15) is 27.3 Å². The Morgan fingerprint density at radius 3 is 2.50 bits per heavy atom. The van der Waals surface area contributed by atoms with Gasteiger partial charge in [0.15, 0.2) is 0 Å².